The molecule has 6 heteroatoms. The van der Waals surface area contributed by atoms with Crippen molar-refractivity contribution in [3.05, 3.63) is 24.3 Å². The molecule has 2 aliphatic heterocycles. The van der Waals surface area contributed by atoms with Crippen LogP contribution in [0.15, 0.2) is 18.6 Å². The molecule has 1 amide bonds. The van der Waals surface area contributed by atoms with Crippen LogP contribution in [0.5, 0.6) is 0 Å². The lowest BCUT2D eigenvalue weighted by Gasteiger charge is -2.34. The van der Waals surface area contributed by atoms with E-state index in [9.17, 15) is 4.79 Å². The molecule has 6 nitrogen and oxygen atoms in total. The Bertz CT molecular complexity index is 509. The molecule has 2 saturated heterocycles. The number of aromatic nitrogens is 2. The van der Waals surface area contributed by atoms with Gasteiger partial charge in [0, 0.05) is 44.0 Å². The highest BCUT2D eigenvalue weighted by molar-refractivity contribution is 5.78. The van der Waals surface area contributed by atoms with Gasteiger partial charge in [0.2, 0.25) is 5.91 Å². The fourth-order valence-electron chi connectivity index (χ4n) is 3.54. The van der Waals surface area contributed by atoms with Crippen molar-refractivity contribution in [2.45, 2.75) is 25.2 Å². The molecular formula is C17H27N5O. The Labute approximate surface area is 138 Å². The second-order valence-electron chi connectivity index (χ2n) is 6.75. The van der Waals surface area contributed by atoms with Crippen molar-refractivity contribution in [2.75, 3.05) is 52.9 Å². The summed E-state index contributed by atoms with van der Waals surface area (Å²) in [6.45, 7) is 6.44. The Balaban J connectivity index is 1.54. The summed E-state index contributed by atoms with van der Waals surface area (Å²) in [5.74, 6) is 0.624. The molecule has 1 unspecified atom stereocenters. The molecule has 1 aromatic heterocycles. The third kappa shape index (κ3) is 4.48. The molecule has 1 atom stereocenters. The number of carbonyl (C=O) groups is 1. The summed E-state index contributed by atoms with van der Waals surface area (Å²) in [6, 6.07) is 1.98. The predicted molar refractivity (Wildman–Crippen MR) is 89.1 cm³/mol. The van der Waals surface area contributed by atoms with Crippen LogP contribution < -0.4 is 0 Å². The fraction of sp³-hybridized carbons (Fsp3) is 0.706. The van der Waals surface area contributed by atoms with Crippen LogP contribution in [0.1, 0.15) is 30.9 Å². The molecular weight excluding hydrogens is 290 g/mol. The first-order valence-electron chi connectivity index (χ1n) is 8.67. The second-order valence-corrected chi connectivity index (χ2v) is 6.75. The van der Waals surface area contributed by atoms with Crippen LogP contribution in [-0.2, 0) is 4.79 Å². The molecule has 23 heavy (non-hydrogen) atoms. The largest absolute Gasteiger partial charge is 0.341 e. The highest BCUT2D eigenvalue weighted by Crippen LogP contribution is 2.25. The van der Waals surface area contributed by atoms with E-state index >= 15 is 0 Å². The van der Waals surface area contributed by atoms with E-state index < -0.39 is 0 Å². The highest BCUT2D eigenvalue weighted by atomic mass is 16.2. The molecule has 2 aliphatic rings. The van der Waals surface area contributed by atoms with E-state index in [1.54, 1.807) is 12.5 Å². The van der Waals surface area contributed by atoms with Gasteiger partial charge in [-0.05, 0) is 45.5 Å². The van der Waals surface area contributed by atoms with Gasteiger partial charge in [-0.2, -0.15) is 0 Å². The third-order valence-electron chi connectivity index (χ3n) is 4.97. The first kappa shape index (κ1) is 16.3. The first-order chi connectivity index (χ1) is 11.2. The minimum atomic E-state index is 0.272. The summed E-state index contributed by atoms with van der Waals surface area (Å²) in [6.07, 6.45) is 6.70. The van der Waals surface area contributed by atoms with Gasteiger partial charge in [-0.1, -0.05) is 0 Å². The summed E-state index contributed by atoms with van der Waals surface area (Å²) in [5.41, 5.74) is 1.06. The van der Waals surface area contributed by atoms with Gasteiger partial charge in [-0.3, -0.25) is 9.69 Å². The molecule has 0 radical (unpaired) electrons. The SMILES string of the molecule is CN1CCCN(CC(=O)N2CCCC(c3ccncn3)C2)CC1. The zero-order chi connectivity index (χ0) is 16.1. The van der Waals surface area contributed by atoms with Gasteiger partial charge in [-0.15, -0.1) is 0 Å². The summed E-state index contributed by atoms with van der Waals surface area (Å²) in [7, 11) is 2.16. The molecule has 0 aliphatic carbocycles. The van der Waals surface area contributed by atoms with E-state index in [-0.39, 0.29) is 5.91 Å². The molecule has 0 N–H and O–H groups in total. The molecule has 0 bridgehead atoms. The number of piperidine rings is 1. The summed E-state index contributed by atoms with van der Waals surface area (Å²) in [5, 5.41) is 0. The van der Waals surface area contributed by atoms with Gasteiger partial charge < -0.3 is 9.80 Å². The normalized spacial score (nSPS) is 24.4. The van der Waals surface area contributed by atoms with E-state index in [0.717, 1.165) is 64.2 Å². The van der Waals surface area contributed by atoms with E-state index in [2.05, 4.69) is 26.8 Å². The zero-order valence-corrected chi connectivity index (χ0v) is 14.0. The van der Waals surface area contributed by atoms with E-state index in [0.29, 0.717) is 12.5 Å². The average molecular weight is 317 g/mol. The van der Waals surface area contributed by atoms with Crippen LogP contribution >= 0.6 is 0 Å². The number of likely N-dealkylation sites (tertiary alicyclic amines) is 1. The third-order valence-corrected chi connectivity index (χ3v) is 4.97. The molecule has 0 spiro atoms. The Hall–Kier alpha value is -1.53. The number of amides is 1. The minimum Gasteiger partial charge on any atom is -0.341 e. The van der Waals surface area contributed by atoms with E-state index in [1.807, 2.05) is 11.0 Å². The van der Waals surface area contributed by atoms with Crippen molar-refractivity contribution < 1.29 is 4.79 Å². The monoisotopic (exact) mass is 317 g/mol. The smallest absolute Gasteiger partial charge is 0.236 e. The molecule has 0 saturated carbocycles. The first-order valence-corrected chi connectivity index (χ1v) is 8.67. The van der Waals surface area contributed by atoms with Crippen LogP contribution in [0, 0.1) is 0 Å². The Morgan fingerprint density at radius 2 is 2.13 bits per heavy atom. The second kappa shape index (κ2) is 7.84. The van der Waals surface area contributed by atoms with Crippen LogP contribution in [0.4, 0.5) is 0 Å². The van der Waals surface area contributed by atoms with Crippen molar-refractivity contribution in [1.82, 2.24) is 24.7 Å². The van der Waals surface area contributed by atoms with Gasteiger partial charge in [0.05, 0.1) is 6.54 Å². The lowest BCUT2D eigenvalue weighted by atomic mass is 9.94. The van der Waals surface area contributed by atoms with Gasteiger partial charge in [0.25, 0.3) is 0 Å². The number of likely N-dealkylation sites (N-methyl/N-ethyl adjacent to an activating group) is 1. The van der Waals surface area contributed by atoms with Crippen molar-refractivity contribution in [1.29, 1.82) is 0 Å². The number of nitrogens with zero attached hydrogens (tertiary/aromatic N) is 5. The van der Waals surface area contributed by atoms with Gasteiger partial charge >= 0.3 is 0 Å². The minimum absolute atomic E-state index is 0.272. The molecule has 2 fully saturated rings. The topological polar surface area (TPSA) is 52.6 Å². The number of rotatable bonds is 3. The van der Waals surface area contributed by atoms with Crippen molar-refractivity contribution in [2.24, 2.45) is 0 Å². The lowest BCUT2D eigenvalue weighted by Crippen LogP contribution is -2.45. The Morgan fingerprint density at radius 3 is 2.96 bits per heavy atom. The van der Waals surface area contributed by atoms with Crippen LogP contribution in [0.3, 0.4) is 0 Å². The molecule has 0 aromatic carbocycles. The molecule has 3 heterocycles. The lowest BCUT2D eigenvalue weighted by molar-refractivity contribution is -0.133. The van der Waals surface area contributed by atoms with Crippen molar-refractivity contribution in [3.8, 4) is 0 Å². The predicted octanol–water partition coefficient (Wildman–Crippen LogP) is 0.820. The summed E-state index contributed by atoms with van der Waals surface area (Å²) >= 11 is 0. The molecule has 3 rings (SSSR count). The molecule has 1 aromatic rings. The Kier molecular flexibility index (Phi) is 5.56. The quantitative estimate of drug-likeness (QED) is 0.826. The maximum atomic E-state index is 12.7. The summed E-state index contributed by atoms with van der Waals surface area (Å²) < 4.78 is 0. The van der Waals surface area contributed by atoms with Gasteiger partial charge in [0.1, 0.15) is 6.33 Å². The van der Waals surface area contributed by atoms with Crippen LogP contribution in [0.2, 0.25) is 0 Å². The van der Waals surface area contributed by atoms with Gasteiger partial charge in [0.15, 0.2) is 0 Å². The number of carbonyl (C=O) groups excluding carboxylic acids is 1. The van der Waals surface area contributed by atoms with Crippen LogP contribution in [-0.4, -0.2) is 83.4 Å². The van der Waals surface area contributed by atoms with Gasteiger partial charge in [-0.25, -0.2) is 9.97 Å². The summed E-state index contributed by atoms with van der Waals surface area (Å²) in [4.78, 5) is 27.7. The molecule has 126 valence electrons. The van der Waals surface area contributed by atoms with Crippen molar-refractivity contribution in [3.63, 3.8) is 0 Å². The van der Waals surface area contributed by atoms with E-state index in [4.69, 9.17) is 0 Å². The zero-order valence-electron chi connectivity index (χ0n) is 14.0. The maximum Gasteiger partial charge on any atom is 0.236 e. The fourth-order valence-corrected chi connectivity index (χ4v) is 3.54. The highest BCUT2D eigenvalue weighted by Gasteiger charge is 2.26. The maximum absolute atomic E-state index is 12.7. The standard InChI is InChI=1S/C17H27N5O/c1-20-7-3-8-21(11-10-20)13-17(23)22-9-2-4-15(12-22)16-5-6-18-14-19-16/h5-6,14-15H,2-4,7-13H2,1H3. The number of hydrogen-bond donors (Lipinski definition) is 0. The Morgan fingerprint density at radius 1 is 1.22 bits per heavy atom. The van der Waals surface area contributed by atoms with Crippen LogP contribution in [0.25, 0.3) is 0 Å². The number of hydrogen-bond acceptors (Lipinski definition) is 5. The van der Waals surface area contributed by atoms with Crippen molar-refractivity contribution >= 4 is 5.91 Å². The van der Waals surface area contributed by atoms with E-state index in [1.165, 1.54) is 0 Å². The average Bonchev–Trinajstić information content (AvgIpc) is 2.80.